The second kappa shape index (κ2) is 9.60. The van der Waals surface area contributed by atoms with Crippen LogP contribution in [0.25, 0.3) is 0 Å². The predicted molar refractivity (Wildman–Crippen MR) is 113 cm³/mol. The van der Waals surface area contributed by atoms with E-state index in [-0.39, 0.29) is 4.90 Å². The van der Waals surface area contributed by atoms with Crippen molar-refractivity contribution in [3.8, 4) is 5.75 Å². The fourth-order valence-corrected chi connectivity index (χ4v) is 4.43. The monoisotopic (exact) mass is 423 g/mol. The molecular weight excluding hydrogens is 398 g/mol. The molecule has 28 heavy (non-hydrogen) atoms. The van der Waals surface area contributed by atoms with E-state index in [1.54, 1.807) is 31.4 Å². The standard InChI is InChI=1S/C20H26ClN3O3S/c1-27-19-7-9-20(10-8-19)28(25,26)22-11-2-12-23-13-15-24(16-14-23)18-5-3-17(21)4-6-18/h3-10,22H,2,11-16H2,1H3. The summed E-state index contributed by atoms with van der Waals surface area (Å²) < 4.78 is 32.4. The molecule has 0 spiro atoms. The van der Waals surface area contributed by atoms with E-state index in [1.807, 2.05) is 24.3 Å². The lowest BCUT2D eigenvalue weighted by molar-refractivity contribution is 0.255. The highest BCUT2D eigenvalue weighted by atomic mass is 35.5. The number of nitrogens with one attached hydrogen (secondary N) is 1. The average Bonchev–Trinajstić information content (AvgIpc) is 2.72. The van der Waals surface area contributed by atoms with Gasteiger partial charge in [-0.15, -0.1) is 0 Å². The Labute approximate surface area is 172 Å². The Kier molecular flexibility index (Phi) is 7.18. The highest BCUT2D eigenvalue weighted by molar-refractivity contribution is 7.89. The lowest BCUT2D eigenvalue weighted by Gasteiger charge is -2.36. The summed E-state index contributed by atoms with van der Waals surface area (Å²) >= 11 is 5.95. The first-order valence-electron chi connectivity index (χ1n) is 9.34. The SMILES string of the molecule is COc1ccc(S(=O)(=O)NCCCN2CCN(c3ccc(Cl)cc3)CC2)cc1. The molecule has 0 aliphatic carbocycles. The molecule has 1 aliphatic rings. The summed E-state index contributed by atoms with van der Waals surface area (Å²) in [6, 6.07) is 14.3. The molecule has 1 saturated heterocycles. The fourth-order valence-electron chi connectivity index (χ4n) is 3.23. The molecule has 3 rings (SSSR count). The molecule has 2 aromatic carbocycles. The molecule has 0 amide bonds. The van der Waals surface area contributed by atoms with E-state index >= 15 is 0 Å². The van der Waals surface area contributed by atoms with Crippen LogP contribution in [-0.2, 0) is 10.0 Å². The molecule has 8 heteroatoms. The van der Waals surface area contributed by atoms with Gasteiger partial charge in [0, 0.05) is 43.4 Å². The first-order chi connectivity index (χ1) is 13.5. The van der Waals surface area contributed by atoms with Crippen LogP contribution >= 0.6 is 11.6 Å². The topological polar surface area (TPSA) is 61.9 Å². The van der Waals surface area contributed by atoms with Gasteiger partial charge in [-0.2, -0.15) is 0 Å². The molecule has 0 saturated carbocycles. The minimum atomic E-state index is -3.48. The van der Waals surface area contributed by atoms with Crippen LogP contribution in [0.3, 0.4) is 0 Å². The number of piperazine rings is 1. The van der Waals surface area contributed by atoms with Gasteiger partial charge in [-0.3, -0.25) is 4.90 Å². The predicted octanol–water partition coefficient (Wildman–Crippen LogP) is 2.84. The molecule has 0 unspecified atom stereocenters. The van der Waals surface area contributed by atoms with Gasteiger partial charge in [0.25, 0.3) is 0 Å². The second-order valence-corrected chi connectivity index (χ2v) is 8.94. The number of methoxy groups -OCH3 is 1. The van der Waals surface area contributed by atoms with Crippen molar-refractivity contribution in [2.45, 2.75) is 11.3 Å². The van der Waals surface area contributed by atoms with E-state index in [0.717, 1.165) is 44.2 Å². The van der Waals surface area contributed by atoms with Crippen molar-refractivity contribution < 1.29 is 13.2 Å². The number of nitrogens with zero attached hydrogens (tertiary/aromatic N) is 2. The van der Waals surface area contributed by atoms with Crippen molar-refractivity contribution in [1.82, 2.24) is 9.62 Å². The minimum absolute atomic E-state index is 0.255. The van der Waals surface area contributed by atoms with Gasteiger partial charge in [-0.1, -0.05) is 11.6 Å². The molecule has 152 valence electrons. The van der Waals surface area contributed by atoms with E-state index in [0.29, 0.717) is 12.3 Å². The van der Waals surface area contributed by atoms with Gasteiger partial charge in [-0.25, -0.2) is 13.1 Å². The summed E-state index contributed by atoms with van der Waals surface area (Å²) in [5.74, 6) is 0.636. The van der Waals surface area contributed by atoms with Crippen molar-refractivity contribution in [1.29, 1.82) is 0 Å². The second-order valence-electron chi connectivity index (χ2n) is 6.73. The molecule has 0 atom stereocenters. The Morgan fingerprint density at radius 3 is 2.25 bits per heavy atom. The number of hydrogen-bond acceptors (Lipinski definition) is 5. The fraction of sp³-hybridized carbons (Fsp3) is 0.400. The highest BCUT2D eigenvalue weighted by Crippen LogP contribution is 2.19. The van der Waals surface area contributed by atoms with Crippen molar-refractivity contribution in [3.63, 3.8) is 0 Å². The Morgan fingerprint density at radius 1 is 1.00 bits per heavy atom. The lowest BCUT2D eigenvalue weighted by atomic mass is 10.2. The maximum Gasteiger partial charge on any atom is 0.240 e. The third kappa shape index (κ3) is 5.61. The van der Waals surface area contributed by atoms with Gasteiger partial charge in [-0.05, 0) is 61.5 Å². The van der Waals surface area contributed by atoms with Crippen LogP contribution in [0.15, 0.2) is 53.4 Å². The van der Waals surface area contributed by atoms with E-state index in [9.17, 15) is 8.42 Å². The van der Waals surface area contributed by atoms with E-state index in [2.05, 4.69) is 14.5 Å². The average molecular weight is 424 g/mol. The van der Waals surface area contributed by atoms with Gasteiger partial charge in [0.1, 0.15) is 5.75 Å². The Hall–Kier alpha value is -1.80. The number of benzene rings is 2. The van der Waals surface area contributed by atoms with Crippen molar-refractivity contribution in [2.24, 2.45) is 0 Å². The Balaban J connectivity index is 1.39. The van der Waals surface area contributed by atoms with Gasteiger partial charge in [0.05, 0.1) is 12.0 Å². The van der Waals surface area contributed by atoms with E-state index < -0.39 is 10.0 Å². The van der Waals surface area contributed by atoms with Crippen LogP contribution in [0, 0.1) is 0 Å². The third-order valence-electron chi connectivity index (χ3n) is 4.88. The summed E-state index contributed by atoms with van der Waals surface area (Å²) in [6.07, 6.45) is 0.774. The van der Waals surface area contributed by atoms with E-state index in [1.165, 1.54) is 5.69 Å². The molecule has 1 heterocycles. The molecule has 1 aliphatic heterocycles. The van der Waals surface area contributed by atoms with Crippen LogP contribution in [0.4, 0.5) is 5.69 Å². The first kappa shape index (κ1) is 20.9. The van der Waals surface area contributed by atoms with Gasteiger partial charge < -0.3 is 9.64 Å². The number of hydrogen-bond donors (Lipinski definition) is 1. The number of rotatable bonds is 8. The molecular formula is C20H26ClN3O3S. The largest absolute Gasteiger partial charge is 0.497 e. The maximum absolute atomic E-state index is 12.3. The number of halogens is 1. The minimum Gasteiger partial charge on any atom is -0.497 e. The van der Waals surface area contributed by atoms with Gasteiger partial charge in [0.2, 0.25) is 10.0 Å². The van der Waals surface area contributed by atoms with Crippen molar-refractivity contribution in [2.75, 3.05) is 51.3 Å². The number of ether oxygens (including phenoxy) is 1. The van der Waals surface area contributed by atoms with Crippen LogP contribution in [0.5, 0.6) is 5.75 Å². The first-order valence-corrected chi connectivity index (χ1v) is 11.2. The zero-order valence-electron chi connectivity index (χ0n) is 16.0. The summed E-state index contributed by atoms with van der Waals surface area (Å²) in [5.41, 5.74) is 1.19. The summed E-state index contributed by atoms with van der Waals surface area (Å²) in [4.78, 5) is 4.97. The maximum atomic E-state index is 12.3. The molecule has 0 radical (unpaired) electrons. The number of anilines is 1. The van der Waals surface area contributed by atoms with Crippen LogP contribution in [0.2, 0.25) is 5.02 Å². The summed E-state index contributed by atoms with van der Waals surface area (Å²) in [7, 11) is -1.93. The Morgan fingerprint density at radius 2 is 1.64 bits per heavy atom. The van der Waals surface area contributed by atoms with Gasteiger partial charge >= 0.3 is 0 Å². The normalized spacial score (nSPS) is 15.6. The van der Waals surface area contributed by atoms with Crippen molar-refractivity contribution >= 4 is 27.3 Å². The van der Waals surface area contributed by atoms with Crippen LogP contribution in [0.1, 0.15) is 6.42 Å². The van der Waals surface area contributed by atoms with Crippen LogP contribution < -0.4 is 14.4 Å². The zero-order valence-corrected chi connectivity index (χ0v) is 17.5. The zero-order chi connectivity index (χ0) is 20.0. The molecule has 6 nitrogen and oxygen atoms in total. The molecule has 0 aromatic heterocycles. The molecule has 2 aromatic rings. The lowest BCUT2D eigenvalue weighted by Crippen LogP contribution is -2.47. The van der Waals surface area contributed by atoms with Crippen LogP contribution in [-0.4, -0.2) is 59.7 Å². The highest BCUT2D eigenvalue weighted by Gasteiger charge is 2.18. The quantitative estimate of drug-likeness (QED) is 0.661. The van der Waals surface area contributed by atoms with E-state index in [4.69, 9.17) is 16.3 Å². The number of sulfonamides is 1. The molecule has 0 bridgehead atoms. The third-order valence-corrected chi connectivity index (χ3v) is 6.61. The smallest absolute Gasteiger partial charge is 0.240 e. The molecule has 1 fully saturated rings. The summed E-state index contributed by atoms with van der Waals surface area (Å²) in [5, 5.41) is 0.750. The Bertz CT molecular complexity index is 849. The molecule has 1 N–H and O–H groups in total. The summed E-state index contributed by atoms with van der Waals surface area (Å²) in [6.45, 7) is 5.14. The van der Waals surface area contributed by atoms with Crippen molar-refractivity contribution in [3.05, 3.63) is 53.6 Å². The van der Waals surface area contributed by atoms with Gasteiger partial charge in [0.15, 0.2) is 0 Å².